The smallest absolute Gasteiger partial charge is 0.270 e. The summed E-state index contributed by atoms with van der Waals surface area (Å²) < 4.78 is 6.69. The summed E-state index contributed by atoms with van der Waals surface area (Å²) in [5, 5.41) is 3.51. The molecule has 0 aliphatic carbocycles. The third-order valence-electron chi connectivity index (χ3n) is 4.88. The molecular formula is C24H14Cl3IN2O3S. The molecule has 1 heterocycles. The number of thiocarbonyl (C=S) groups is 1. The van der Waals surface area contributed by atoms with Crippen molar-refractivity contribution in [2.75, 3.05) is 4.90 Å². The molecule has 0 saturated carbocycles. The van der Waals surface area contributed by atoms with E-state index in [1.165, 1.54) is 6.08 Å². The summed E-state index contributed by atoms with van der Waals surface area (Å²) in [7, 11) is 0. The molecule has 0 bridgehead atoms. The number of carbonyl (C=O) groups excluding carboxylic acids is 2. The number of anilines is 1. The second-order valence-electron chi connectivity index (χ2n) is 7.10. The van der Waals surface area contributed by atoms with Crippen LogP contribution in [0.1, 0.15) is 11.1 Å². The Hall–Kier alpha value is -2.17. The molecule has 0 radical (unpaired) electrons. The van der Waals surface area contributed by atoms with E-state index in [0.717, 1.165) is 14.0 Å². The fourth-order valence-corrected chi connectivity index (χ4v) is 4.74. The number of halogens is 4. The Morgan fingerprint density at radius 2 is 1.74 bits per heavy atom. The van der Waals surface area contributed by atoms with Crippen molar-refractivity contribution in [1.82, 2.24) is 5.32 Å². The van der Waals surface area contributed by atoms with Crippen LogP contribution in [0.25, 0.3) is 6.08 Å². The Bertz CT molecular complexity index is 1360. The standard InChI is InChI=1S/C24H14Cl3IN2O3S/c25-16-5-2-1-4-14(16)12-33-20-9-8-13(11-18(20)28)10-15-22(31)29-24(34)30(23(15)32)19-7-3-6-17(26)21(19)27/h1-11H,12H2,(H,29,31,34)/b15-10+. The van der Waals surface area contributed by atoms with E-state index in [1.807, 2.05) is 18.2 Å². The minimum atomic E-state index is -0.605. The first-order chi connectivity index (χ1) is 16.3. The van der Waals surface area contributed by atoms with Crippen molar-refractivity contribution in [3.8, 4) is 5.75 Å². The zero-order chi connectivity index (χ0) is 24.4. The Kier molecular flexibility index (Phi) is 7.79. The Balaban J connectivity index is 1.60. The number of ether oxygens (including phenoxy) is 1. The molecule has 34 heavy (non-hydrogen) atoms. The van der Waals surface area contributed by atoms with Gasteiger partial charge in [-0.25, -0.2) is 0 Å². The van der Waals surface area contributed by atoms with E-state index in [1.54, 1.807) is 42.5 Å². The van der Waals surface area contributed by atoms with Gasteiger partial charge in [-0.15, -0.1) is 0 Å². The highest BCUT2D eigenvalue weighted by molar-refractivity contribution is 14.1. The normalized spacial score (nSPS) is 15.0. The summed E-state index contributed by atoms with van der Waals surface area (Å²) in [5.41, 5.74) is 1.70. The van der Waals surface area contributed by atoms with Crippen LogP contribution in [0.5, 0.6) is 5.75 Å². The number of nitrogens with one attached hydrogen (secondary N) is 1. The predicted octanol–water partition coefficient (Wildman–Crippen LogP) is 6.66. The number of carbonyl (C=O) groups is 2. The van der Waals surface area contributed by atoms with E-state index in [2.05, 4.69) is 27.9 Å². The van der Waals surface area contributed by atoms with Gasteiger partial charge >= 0.3 is 0 Å². The van der Waals surface area contributed by atoms with Crippen LogP contribution in [0.3, 0.4) is 0 Å². The van der Waals surface area contributed by atoms with Crippen LogP contribution < -0.4 is 15.0 Å². The van der Waals surface area contributed by atoms with Gasteiger partial charge in [-0.3, -0.25) is 19.8 Å². The third-order valence-corrected chi connectivity index (χ3v) is 7.19. The minimum absolute atomic E-state index is 0.0748. The highest BCUT2D eigenvalue weighted by Gasteiger charge is 2.35. The maximum Gasteiger partial charge on any atom is 0.270 e. The summed E-state index contributed by atoms with van der Waals surface area (Å²) in [5.74, 6) is -0.555. The fourth-order valence-electron chi connectivity index (χ4n) is 3.20. The second-order valence-corrected chi connectivity index (χ2v) is 9.84. The SMILES string of the molecule is O=C1NC(=S)N(c2cccc(Cl)c2Cl)C(=O)/C1=C/c1ccc(OCc2ccccc2Cl)c(I)c1. The quantitative estimate of drug-likeness (QED) is 0.146. The molecule has 3 aromatic carbocycles. The molecular weight excluding hydrogens is 630 g/mol. The van der Waals surface area contributed by atoms with Crippen molar-refractivity contribution < 1.29 is 14.3 Å². The van der Waals surface area contributed by atoms with Gasteiger partial charge in [0.15, 0.2) is 5.11 Å². The molecule has 0 unspecified atom stereocenters. The second kappa shape index (κ2) is 10.6. The first-order valence-electron chi connectivity index (χ1n) is 9.77. The van der Waals surface area contributed by atoms with Crippen molar-refractivity contribution in [3.63, 3.8) is 0 Å². The van der Waals surface area contributed by atoms with Crippen LogP contribution in [-0.2, 0) is 16.2 Å². The number of amides is 2. The van der Waals surface area contributed by atoms with Crippen LogP contribution >= 0.6 is 69.6 Å². The van der Waals surface area contributed by atoms with Crippen LogP contribution in [0.4, 0.5) is 5.69 Å². The molecule has 0 spiro atoms. The van der Waals surface area contributed by atoms with Crippen molar-refractivity contribution in [2.24, 2.45) is 0 Å². The monoisotopic (exact) mass is 642 g/mol. The van der Waals surface area contributed by atoms with Crippen LogP contribution in [0, 0.1) is 3.57 Å². The molecule has 0 atom stereocenters. The van der Waals surface area contributed by atoms with Crippen LogP contribution in [-0.4, -0.2) is 16.9 Å². The zero-order valence-corrected chi connectivity index (χ0v) is 22.4. The van der Waals surface area contributed by atoms with Gasteiger partial charge in [0.2, 0.25) is 0 Å². The van der Waals surface area contributed by atoms with Gasteiger partial charge < -0.3 is 4.74 Å². The lowest BCUT2D eigenvalue weighted by Gasteiger charge is -2.29. The molecule has 4 rings (SSSR count). The van der Waals surface area contributed by atoms with E-state index < -0.39 is 11.8 Å². The Morgan fingerprint density at radius 3 is 2.47 bits per heavy atom. The number of rotatable bonds is 5. The highest BCUT2D eigenvalue weighted by atomic mass is 127. The maximum absolute atomic E-state index is 13.2. The number of hydrogen-bond acceptors (Lipinski definition) is 4. The number of benzene rings is 3. The molecule has 5 nitrogen and oxygen atoms in total. The van der Waals surface area contributed by atoms with Crippen LogP contribution in [0.2, 0.25) is 15.1 Å². The molecule has 2 amide bonds. The van der Waals surface area contributed by atoms with E-state index in [0.29, 0.717) is 22.9 Å². The maximum atomic E-state index is 13.2. The first-order valence-corrected chi connectivity index (χ1v) is 12.4. The van der Waals surface area contributed by atoms with E-state index in [4.69, 9.17) is 51.8 Å². The summed E-state index contributed by atoms with van der Waals surface area (Å²) in [6, 6.07) is 17.6. The summed E-state index contributed by atoms with van der Waals surface area (Å²) in [4.78, 5) is 27.0. The van der Waals surface area contributed by atoms with Crippen molar-refractivity contribution in [1.29, 1.82) is 0 Å². The van der Waals surface area contributed by atoms with E-state index in [-0.39, 0.29) is 26.4 Å². The van der Waals surface area contributed by atoms with Crippen molar-refractivity contribution >= 4 is 98.3 Å². The zero-order valence-electron chi connectivity index (χ0n) is 17.2. The summed E-state index contributed by atoms with van der Waals surface area (Å²) >= 11 is 25.9. The molecule has 0 aromatic heterocycles. The van der Waals surface area contributed by atoms with Crippen LogP contribution in [0.15, 0.2) is 66.2 Å². The van der Waals surface area contributed by atoms with Gasteiger partial charge in [-0.1, -0.05) is 65.1 Å². The third kappa shape index (κ3) is 5.23. The van der Waals surface area contributed by atoms with Gasteiger partial charge in [-0.2, -0.15) is 0 Å². The average molecular weight is 644 g/mol. The molecule has 1 N–H and O–H groups in total. The van der Waals surface area contributed by atoms with Gasteiger partial charge in [0, 0.05) is 10.6 Å². The average Bonchev–Trinajstić information content (AvgIpc) is 2.79. The molecule has 172 valence electrons. The molecule has 1 aliphatic heterocycles. The van der Waals surface area contributed by atoms with E-state index in [9.17, 15) is 9.59 Å². The lowest BCUT2D eigenvalue weighted by molar-refractivity contribution is -0.122. The lowest BCUT2D eigenvalue weighted by atomic mass is 10.1. The molecule has 1 aliphatic rings. The summed E-state index contributed by atoms with van der Waals surface area (Å²) in [6.45, 7) is 0.309. The molecule has 3 aromatic rings. The molecule has 1 saturated heterocycles. The lowest BCUT2D eigenvalue weighted by Crippen LogP contribution is -2.54. The fraction of sp³-hybridized carbons (Fsp3) is 0.0417. The highest BCUT2D eigenvalue weighted by Crippen LogP contribution is 2.34. The minimum Gasteiger partial charge on any atom is -0.488 e. The van der Waals surface area contributed by atoms with Gasteiger partial charge in [-0.05, 0) is 76.8 Å². The topological polar surface area (TPSA) is 58.6 Å². The van der Waals surface area contributed by atoms with Crippen molar-refractivity contribution in [3.05, 3.63) is 96.0 Å². The summed E-state index contributed by atoms with van der Waals surface area (Å²) in [6.07, 6.45) is 1.49. The first kappa shape index (κ1) is 24.9. The Labute approximate surface area is 229 Å². The van der Waals surface area contributed by atoms with E-state index >= 15 is 0 Å². The number of nitrogens with zero attached hydrogens (tertiary/aromatic N) is 1. The largest absolute Gasteiger partial charge is 0.488 e. The molecule has 1 fully saturated rings. The predicted molar refractivity (Wildman–Crippen MR) is 148 cm³/mol. The molecule has 10 heteroatoms. The van der Waals surface area contributed by atoms with Gasteiger partial charge in [0.25, 0.3) is 11.8 Å². The number of hydrogen-bond donors (Lipinski definition) is 1. The van der Waals surface area contributed by atoms with Gasteiger partial charge in [0.05, 0.1) is 19.3 Å². The Morgan fingerprint density at radius 1 is 1.00 bits per heavy atom. The van der Waals surface area contributed by atoms with Crippen molar-refractivity contribution in [2.45, 2.75) is 6.61 Å². The van der Waals surface area contributed by atoms with Gasteiger partial charge in [0.1, 0.15) is 17.9 Å².